The second-order valence-electron chi connectivity index (χ2n) is 4.26. The highest BCUT2D eigenvalue weighted by Gasteiger charge is 2.04. The zero-order valence-electron chi connectivity index (χ0n) is 11.2. The zero-order valence-corrected chi connectivity index (χ0v) is 11.2. The van der Waals surface area contributed by atoms with E-state index in [1.54, 1.807) is 26.1 Å². The summed E-state index contributed by atoms with van der Waals surface area (Å²) in [6.45, 7) is 3.85. The van der Waals surface area contributed by atoms with Crippen LogP contribution in [0.2, 0.25) is 0 Å². The maximum Gasteiger partial charge on any atom is 0.168 e. The molecule has 1 aromatic carbocycles. The third kappa shape index (κ3) is 3.40. The van der Waals surface area contributed by atoms with Crippen molar-refractivity contribution in [1.82, 2.24) is 9.97 Å². The van der Waals surface area contributed by atoms with E-state index < -0.39 is 0 Å². The van der Waals surface area contributed by atoms with Crippen LogP contribution in [0.25, 0.3) is 0 Å². The first kappa shape index (κ1) is 13.3. The van der Waals surface area contributed by atoms with E-state index in [0.717, 1.165) is 11.5 Å². The molecule has 19 heavy (non-hydrogen) atoms. The summed E-state index contributed by atoms with van der Waals surface area (Å²) >= 11 is 0. The lowest BCUT2D eigenvalue weighted by Crippen LogP contribution is -2.05. The molecular weight excluding hydrogens is 245 g/mol. The van der Waals surface area contributed by atoms with E-state index in [2.05, 4.69) is 15.3 Å². The second kappa shape index (κ2) is 5.65. The highest BCUT2D eigenvalue weighted by Crippen LogP contribution is 2.17. The fourth-order valence-electron chi connectivity index (χ4n) is 1.68. The monoisotopic (exact) mass is 261 g/mol. The van der Waals surface area contributed by atoms with Gasteiger partial charge in [0, 0.05) is 18.8 Å². The summed E-state index contributed by atoms with van der Waals surface area (Å²) in [7, 11) is 1.80. The average molecular weight is 261 g/mol. The van der Waals surface area contributed by atoms with Gasteiger partial charge in [-0.25, -0.2) is 14.4 Å². The number of nitrogens with zero attached hydrogens (tertiary/aromatic N) is 2. The number of aryl methyl sites for hydroxylation is 2. The Morgan fingerprint density at radius 2 is 2.00 bits per heavy atom. The normalized spacial score (nSPS) is 10.3. The molecule has 0 fully saturated rings. The molecule has 2 aromatic rings. The predicted molar refractivity (Wildman–Crippen MR) is 71.8 cm³/mol. The molecule has 1 aromatic heterocycles. The van der Waals surface area contributed by atoms with Crippen LogP contribution in [0, 0.1) is 19.7 Å². The summed E-state index contributed by atoms with van der Waals surface area (Å²) < 4.78 is 18.7. The van der Waals surface area contributed by atoms with Gasteiger partial charge < -0.3 is 10.1 Å². The maximum atomic E-state index is 13.1. The molecule has 0 aliphatic rings. The summed E-state index contributed by atoms with van der Waals surface area (Å²) in [6.07, 6.45) is 0. The number of hydrogen-bond acceptors (Lipinski definition) is 4. The number of hydrogen-bond donors (Lipinski definition) is 1. The van der Waals surface area contributed by atoms with Crippen molar-refractivity contribution in [3.8, 4) is 5.75 Å². The first-order valence-electron chi connectivity index (χ1n) is 6.00. The minimum Gasteiger partial charge on any atom is -0.486 e. The van der Waals surface area contributed by atoms with Crippen molar-refractivity contribution in [2.24, 2.45) is 0 Å². The Hall–Kier alpha value is -2.17. The molecule has 0 atom stereocenters. The van der Waals surface area contributed by atoms with Crippen molar-refractivity contribution in [3.05, 3.63) is 47.2 Å². The number of ether oxygens (including phenoxy) is 1. The van der Waals surface area contributed by atoms with Gasteiger partial charge in [0.2, 0.25) is 0 Å². The molecule has 5 heteroatoms. The Morgan fingerprint density at radius 3 is 2.68 bits per heavy atom. The molecule has 4 nitrogen and oxygen atoms in total. The lowest BCUT2D eigenvalue weighted by atomic mass is 10.2. The minimum atomic E-state index is -0.239. The fraction of sp³-hybridized carbons (Fsp3) is 0.286. The summed E-state index contributed by atoms with van der Waals surface area (Å²) in [5.74, 6) is 1.71. The highest BCUT2D eigenvalue weighted by atomic mass is 19.1. The molecule has 0 spiro atoms. The molecule has 0 bridgehead atoms. The lowest BCUT2D eigenvalue weighted by Gasteiger charge is -2.08. The topological polar surface area (TPSA) is 47.0 Å². The number of halogens is 1. The second-order valence-corrected chi connectivity index (χ2v) is 4.26. The van der Waals surface area contributed by atoms with E-state index in [-0.39, 0.29) is 12.4 Å². The van der Waals surface area contributed by atoms with Crippen LogP contribution < -0.4 is 10.1 Å². The number of benzene rings is 1. The van der Waals surface area contributed by atoms with Crippen molar-refractivity contribution in [1.29, 1.82) is 0 Å². The van der Waals surface area contributed by atoms with E-state index in [9.17, 15) is 4.39 Å². The Kier molecular flexibility index (Phi) is 3.94. The van der Waals surface area contributed by atoms with Gasteiger partial charge in [-0.15, -0.1) is 0 Å². The van der Waals surface area contributed by atoms with Gasteiger partial charge in [0.1, 0.15) is 24.0 Å². The van der Waals surface area contributed by atoms with E-state index in [1.165, 1.54) is 6.07 Å². The third-order valence-corrected chi connectivity index (χ3v) is 2.65. The van der Waals surface area contributed by atoms with Gasteiger partial charge in [-0.1, -0.05) is 0 Å². The average Bonchev–Trinajstić information content (AvgIpc) is 2.39. The van der Waals surface area contributed by atoms with Gasteiger partial charge in [0.15, 0.2) is 5.82 Å². The highest BCUT2D eigenvalue weighted by molar-refractivity contribution is 5.35. The quantitative estimate of drug-likeness (QED) is 0.919. The van der Waals surface area contributed by atoms with E-state index >= 15 is 0 Å². The molecule has 2 rings (SSSR count). The first-order valence-corrected chi connectivity index (χ1v) is 6.00. The fourth-order valence-corrected chi connectivity index (χ4v) is 1.68. The molecule has 0 aliphatic carbocycles. The van der Waals surface area contributed by atoms with Crippen LogP contribution in [0.4, 0.5) is 10.2 Å². The predicted octanol–water partition coefficient (Wildman–Crippen LogP) is 2.85. The first-order chi connectivity index (χ1) is 9.08. The van der Waals surface area contributed by atoms with Crippen molar-refractivity contribution in [2.45, 2.75) is 20.5 Å². The van der Waals surface area contributed by atoms with Crippen LogP contribution in [-0.2, 0) is 6.61 Å². The molecule has 0 unspecified atom stereocenters. The summed E-state index contributed by atoms with van der Waals surface area (Å²) in [4.78, 5) is 8.57. The Bertz CT molecular complexity index is 587. The number of aromatic nitrogens is 2. The number of anilines is 1. The van der Waals surface area contributed by atoms with Crippen molar-refractivity contribution in [3.63, 3.8) is 0 Å². The molecular formula is C14H16FN3O. The summed E-state index contributed by atoms with van der Waals surface area (Å²) in [5.41, 5.74) is 1.42. The third-order valence-electron chi connectivity index (χ3n) is 2.65. The molecule has 1 heterocycles. The maximum absolute atomic E-state index is 13.1. The molecule has 0 amide bonds. The van der Waals surface area contributed by atoms with Crippen molar-refractivity contribution >= 4 is 5.82 Å². The smallest absolute Gasteiger partial charge is 0.168 e. The summed E-state index contributed by atoms with van der Waals surface area (Å²) in [6, 6.07) is 6.49. The Balaban J connectivity index is 2.09. The number of nitrogens with one attached hydrogen (secondary N) is 1. The van der Waals surface area contributed by atoms with Crippen LogP contribution >= 0.6 is 0 Å². The van der Waals surface area contributed by atoms with E-state index in [1.807, 2.05) is 13.0 Å². The molecule has 0 aliphatic heterocycles. The van der Waals surface area contributed by atoms with Gasteiger partial charge in [-0.2, -0.15) is 0 Å². The van der Waals surface area contributed by atoms with Crippen molar-refractivity contribution < 1.29 is 9.13 Å². The number of rotatable bonds is 4. The zero-order chi connectivity index (χ0) is 13.8. The van der Waals surface area contributed by atoms with Crippen LogP contribution in [0.15, 0.2) is 24.3 Å². The molecule has 1 N–H and O–H groups in total. The van der Waals surface area contributed by atoms with E-state index in [0.29, 0.717) is 17.1 Å². The molecule has 0 saturated carbocycles. The van der Waals surface area contributed by atoms with E-state index in [4.69, 9.17) is 4.74 Å². The molecule has 0 radical (unpaired) electrons. The Labute approximate surface area is 111 Å². The lowest BCUT2D eigenvalue weighted by molar-refractivity contribution is 0.295. The van der Waals surface area contributed by atoms with Gasteiger partial charge in [0.25, 0.3) is 0 Å². The van der Waals surface area contributed by atoms with Gasteiger partial charge >= 0.3 is 0 Å². The van der Waals surface area contributed by atoms with Crippen LogP contribution in [-0.4, -0.2) is 17.0 Å². The van der Waals surface area contributed by atoms with Gasteiger partial charge in [-0.05, 0) is 37.6 Å². The largest absolute Gasteiger partial charge is 0.486 e. The van der Waals surface area contributed by atoms with Crippen LogP contribution in [0.5, 0.6) is 5.75 Å². The van der Waals surface area contributed by atoms with Gasteiger partial charge in [-0.3, -0.25) is 0 Å². The standard InChI is InChI=1S/C14H16FN3O/c1-9-6-11(4-5-12(9)15)19-8-14-17-10(2)7-13(16-3)18-14/h4-7H,8H2,1-3H3,(H,16,17,18). The van der Waals surface area contributed by atoms with Gasteiger partial charge in [0.05, 0.1) is 0 Å². The minimum absolute atomic E-state index is 0.239. The van der Waals surface area contributed by atoms with Crippen LogP contribution in [0.3, 0.4) is 0 Å². The Morgan fingerprint density at radius 1 is 1.21 bits per heavy atom. The van der Waals surface area contributed by atoms with Crippen molar-refractivity contribution in [2.75, 3.05) is 12.4 Å². The molecule has 100 valence electrons. The summed E-state index contributed by atoms with van der Waals surface area (Å²) in [5, 5.41) is 2.97. The SMILES string of the molecule is CNc1cc(C)nc(COc2ccc(F)c(C)c2)n1. The van der Waals surface area contributed by atoms with Crippen LogP contribution in [0.1, 0.15) is 17.1 Å². The molecule has 0 saturated heterocycles.